The van der Waals surface area contributed by atoms with E-state index in [2.05, 4.69) is 4.98 Å². The van der Waals surface area contributed by atoms with Gasteiger partial charge in [0.15, 0.2) is 5.15 Å². The summed E-state index contributed by atoms with van der Waals surface area (Å²) in [6.45, 7) is 0. The first-order valence-corrected chi connectivity index (χ1v) is 2.98. The molecule has 1 aromatic rings. The maximum absolute atomic E-state index is 10.8. The molecule has 11 heavy (non-hydrogen) atoms. The van der Waals surface area contributed by atoms with E-state index in [1.165, 1.54) is 0 Å². The number of nitrogens with zero attached hydrogens (tertiary/aromatic N) is 2. The fourth-order valence-electron chi connectivity index (χ4n) is 0.560. The topological polar surface area (TPSA) is 98.1 Å². The van der Waals surface area contributed by atoms with Crippen molar-refractivity contribution < 1.29 is 9.94 Å². The lowest BCUT2D eigenvalue weighted by Crippen LogP contribution is -2.35. The Bertz CT molecular complexity index is 279. The minimum Gasteiger partial charge on any atom is -0.754 e. The van der Waals surface area contributed by atoms with E-state index in [1.54, 1.807) is 5.48 Å². The van der Waals surface area contributed by atoms with E-state index in [0.29, 0.717) is 0 Å². The molecule has 0 aliphatic rings. The Kier molecular flexibility index (Phi) is 1.97. The molecule has 0 unspecified atom stereocenters. The SMILES string of the molecule is Nc1nc(Cl)cc(NO)[n+]1[O-]. The average Bonchev–Trinajstić information content (AvgIpc) is 1.96. The van der Waals surface area contributed by atoms with Crippen molar-refractivity contribution in [1.29, 1.82) is 0 Å². The number of halogens is 1. The van der Waals surface area contributed by atoms with Crippen LogP contribution in [-0.4, -0.2) is 10.2 Å². The molecule has 0 spiro atoms. The Labute approximate surface area is 66.8 Å². The molecule has 0 aliphatic carbocycles. The summed E-state index contributed by atoms with van der Waals surface area (Å²) < 4.78 is 0.214. The fourth-order valence-corrected chi connectivity index (χ4v) is 0.750. The molecular formula is C4H5ClN4O2. The third kappa shape index (κ3) is 1.41. The van der Waals surface area contributed by atoms with E-state index >= 15 is 0 Å². The van der Waals surface area contributed by atoms with Crippen LogP contribution in [0.3, 0.4) is 0 Å². The van der Waals surface area contributed by atoms with E-state index in [1.807, 2.05) is 0 Å². The van der Waals surface area contributed by atoms with Gasteiger partial charge in [0, 0.05) is 0 Å². The van der Waals surface area contributed by atoms with Crippen LogP contribution in [0.15, 0.2) is 6.07 Å². The largest absolute Gasteiger partial charge is 0.754 e. The zero-order valence-corrected chi connectivity index (χ0v) is 6.04. The van der Waals surface area contributed by atoms with Crippen LogP contribution >= 0.6 is 11.6 Å². The lowest BCUT2D eigenvalue weighted by Gasteiger charge is -2.09. The van der Waals surface area contributed by atoms with E-state index in [9.17, 15) is 5.21 Å². The molecule has 0 radical (unpaired) electrons. The standard InChI is InChI=1S/C4H5ClN4O2/c5-2-1-3(8-10)9(11)4(6)7-2/h1,8,10H,(H2,6,7). The molecule has 6 nitrogen and oxygen atoms in total. The number of nitrogens with two attached hydrogens (primary N) is 1. The van der Waals surface area contributed by atoms with Crippen LogP contribution in [0.5, 0.6) is 0 Å². The maximum atomic E-state index is 10.8. The molecule has 1 aromatic heterocycles. The van der Waals surface area contributed by atoms with Gasteiger partial charge in [0.25, 0.3) is 0 Å². The first kappa shape index (κ1) is 7.83. The number of hydrogen-bond acceptors (Lipinski definition) is 5. The third-order valence-electron chi connectivity index (χ3n) is 1.02. The van der Waals surface area contributed by atoms with Crippen molar-refractivity contribution in [1.82, 2.24) is 4.98 Å². The Morgan fingerprint density at radius 3 is 3.00 bits per heavy atom. The summed E-state index contributed by atoms with van der Waals surface area (Å²) in [5.41, 5.74) is 6.72. The molecule has 0 fully saturated rings. The Morgan fingerprint density at radius 1 is 1.82 bits per heavy atom. The average molecular weight is 177 g/mol. The summed E-state index contributed by atoms with van der Waals surface area (Å²) in [5.74, 6) is -0.489. The summed E-state index contributed by atoms with van der Waals surface area (Å²) in [4.78, 5) is 3.42. The van der Waals surface area contributed by atoms with Gasteiger partial charge < -0.3 is 10.9 Å². The molecule has 0 aliphatic heterocycles. The van der Waals surface area contributed by atoms with E-state index in [0.717, 1.165) is 6.07 Å². The predicted octanol–water partition coefficient (Wildman–Crippen LogP) is -0.248. The molecule has 7 heteroatoms. The Hall–Kier alpha value is -1.27. The van der Waals surface area contributed by atoms with Gasteiger partial charge in [-0.3, -0.25) is 0 Å². The molecular weight excluding hydrogens is 172 g/mol. The zero-order valence-electron chi connectivity index (χ0n) is 5.28. The number of nitrogens with one attached hydrogen (secondary N) is 1. The molecule has 0 atom stereocenters. The number of nitrogen functional groups attached to an aromatic ring is 1. The highest BCUT2D eigenvalue weighted by Gasteiger charge is 2.06. The second kappa shape index (κ2) is 2.77. The monoisotopic (exact) mass is 176 g/mol. The van der Waals surface area contributed by atoms with Gasteiger partial charge in [-0.15, -0.1) is 0 Å². The van der Waals surface area contributed by atoms with E-state index in [4.69, 9.17) is 22.5 Å². The quantitative estimate of drug-likeness (QED) is 0.237. The molecule has 0 saturated carbocycles. The van der Waals surface area contributed by atoms with Crippen molar-refractivity contribution in [2.75, 3.05) is 11.2 Å². The lowest BCUT2D eigenvalue weighted by molar-refractivity contribution is -0.578. The number of hydrogen-bond donors (Lipinski definition) is 3. The molecule has 0 bridgehead atoms. The highest BCUT2D eigenvalue weighted by Crippen LogP contribution is 2.08. The van der Waals surface area contributed by atoms with Crippen LogP contribution in [-0.2, 0) is 0 Å². The summed E-state index contributed by atoms with van der Waals surface area (Å²) in [7, 11) is 0. The van der Waals surface area contributed by atoms with Crippen LogP contribution in [0.1, 0.15) is 0 Å². The molecule has 60 valence electrons. The fraction of sp³-hybridized carbons (Fsp3) is 0. The summed E-state index contributed by atoms with van der Waals surface area (Å²) in [6, 6.07) is 1.14. The molecule has 1 rings (SSSR count). The molecule has 0 aromatic carbocycles. The maximum Gasteiger partial charge on any atom is 0.345 e. The van der Waals surface area contributed by atoms with Crippen molar-refractivity contribution in [3.05, 3.63) is 16.4 Å². The number of aromatic nitrogens is 2. The van der Waals surface area contributed by atoms with E-state index in [-0.39, 0.29) is 21.6 Å². The van der Waals surface area contributed by atoms with Crippen LogP contribution in [0.25, 0.3) is 0 Å². The van der Waals surface area contributed by atoms with Crippen molar-refractivity contribution in [3.8, 4) is 0 Å². The second-order valence-corrected chi connectivity index (χ2v) is 2.12. The molecule has 4 N–H and O–H groups in total. The van der Waals surface area contributed by atoms with Crippen molar-refractivity contribution in [3.63, 3.8) is 0 Å². The predicted molar refractivity (Wildman–Crippen MR) is 38.0 cm³/mol. The van der Waals surface area contributed by atoms with Crippen molar-refractivity contribution in [2.24, 2.45) is 0 Å². The first-order chi connectivity index (χ1) is 5.15. The summed E-state index contributed by atoms with van der Waals surface area (Å²) >= 11 is 5.41. The minimum atomic E-state index is -0.325. The van der Waals surface area contributed by atoms with Crippen molar-refractivity contribution >= 4 is 23.4 Å². The first-order valence-electron chi connectivity index (χ1n) is 2.61. The van der Waals surface area contributed by atoms with Gasteiger partial charge in [-0.2, -0.15) is 5.48 Å². The van der Waals surface area contributed by atoms with Gasteiger partial charge in [0.2, 0.25) is 5.82 Å². The van der Waals surface area contributed by atoms with E-state index < -0.39 is 0 Å². The highest BCUT2D eigenvalue weighted by molar-refractivity contribution is 6.29. The Balaban J connectivity index is 3.24. The van der Waals surface area contributed by atoms with Gasteiger partial charge in [-0.05, 0) is 11.6 Å². The lowest BCUT2D eigenvalue weighted by atomic mass is 10.6. The summed E-state index contributed by atoms with van der Waals surface area (Å²) in [6.07, 6.45) is 0. The third-order valence-corrected chi connectivity index (χ3v) is 1.21. The van der Waals surface area contributed by atoms with Crippen LogP contribution < -0.4 is 15.9 Å². The zero-order chi connectivity index (χ0) is 8.43. The van der Waals surface area contributed by atoms with Crippen LogP contribution in [0, 0.1) is 5.21 Å². The highest BCUT2D eigenvalue weighted by atomic mass is 35.5. The minimum absolute atomic E-state index is 0.0335. The molecule has 1 heterocycles. The molecule has 0 amide bonds. The van der Waals surface area contributed by atoms with Crippen molar-refractivity contribution in [2.45, 2.75) is 0 Å². The second-order valence-electron chi connectivity index (χ2n) is 1.73. The number of rotatable bonds is 1. The molecule has 0 saturated heterocycles. The van der Waals surface area contributed by atoms with Gasteiger partial charge in [-0.25, -0.2) is 9.94 Å². The van der Waals surface area contributed by atoms with Gasteiger partial charge in [0.05, 0.1) is 6.07 Å². The number of anilines is 2. The normalized spacial score (nSPS) is 9.64. The Morgan fingerprint density at radius 2 is 2.45 bits per heavy atom. The van der Waals surface area contributed by atoms with Gasteiger partial charge in [0.1, 0.15) is 0 Å². The summed E-state index contributed by atoms with van der Waals surface area (Å²) in [5, 5.41) is 19.2. The van der Waals surface area contributed by atoms with Crippen LogP contribution in [0.2, 0.25) is 5.15 Å². The smallest absolute Gasteiger partial charge is 0.345 e. The van der Waals surface area contributed by atoms with Gasteiger partial charge >= 0.3 is 5.95 Å². The van der Waals surface area contributed by atoms with Crippen LogP contribution in [0.4, 0.5) is 11.8 Å². The van der Waals surface area contributed by atoms with Gasteiger partial charge in [-0.1, -0.05) is 4.98 Å².